The highest BCUT2D eigenvalue weighted by Gasteiger charge is 2.07. The van der Waals surface area contributed by atoms with Gasteiger partial charge in [-0.05, 0) is 36.8 Å². The van der Waals surface area contributed by atoms with Crippen molar-refractivity contribution in [2.45, 2.75) is 13.8 Å². The van der Waals surface area contributed by atoms with Gasteiger partial charge in [0.15, 0.2) is 0 Å². The lowest BCUT2D eigenvalue weighted by atomic mass is 10.1. The normalized spacial score (nSPS) is 9.90. The highest BCUT2D eigenvalue weighted by Crippen LogP contribution is 2.20. The van der Waals surface area contributed by atoms with Gasteiger partial charge in [0.1, 0.15) is 0 Å². The molecule has 0 saturated carbocycles. The summed E-state index contributed by atoms with van der Waals surface area (Å²) in [6.45, 7) is 3.33. The SMILES string of the molecule is CC(=O)Nc1cc(NC(=O)c2ccncc2)ccc1C. The van der Waals surface area contributed by atoms with E-state index in [9.17, 15) is 9.59 Å². The minimum absolute atomic E-state index is 0.147. The smallest absolute Gasteiger partial charge is 0.255 e. The fourth-order valence-electron chi connectivity index (χ4n) is 1.73. The van der Waals surface area contributed by atoms with E-state index in [1.807, 2.05) is 13.0 Å². The first-order valence-electron chi connectivity index (χ1n) is 6.16. The highest BCUT2D eigenvalue weighted by molar-refractivity contribution is 6.04. The maximum Gasteiger partial charge on any atom is 0.255 e. The van der Waals surface area contributed by atoms with E-state index in [2.05, 4.69) is 15.6 Å². The summed E-state index contributed by atoms with van der Waals surface area (Å²) in [6, 6.07) is 8.64. The second-order valence-corrected chi connectivity index (χ2v) is 4.40. The third-order valence-electron chi connectivity index (χ3n) is 2.75. The van der Waals surface area contributed by atoms with Crippen LogP contribution in [0.3, 0.4) is 0 Å². The van der Waals surface area contributed by atoms with Crippen molar-refractivity contribution in [3.63, 3.8) is 0 Å². The Morgan fingerprint density at radius 1 is 1.05 bits per heavy atom. The van der Waals surface area contributed by atoms with E-state index in [4.69, 9.17) is 0 Å². The number of rotatable bonds is 3. The van der Waals surface area contributed by atoms with Crippen molar-refractivity contribution in [2.75, 3.05) is 10.6 Å². The van der Waals surface area contributed by atoms with Crippen LogP contribution in [0.2, 0.25) is 0 Å². The number of nitrogens with zero attached hydrogens (tertiary/aromatic N) is 1. The standard InChI is InChI=1S/C15H15N3O2/c1-10-3-4-13(9-14(10)17-11(2)19)18-15(20)12-5-7-16-8-6-12/h3-9H,1-2H3,(H,17,19)(H,18,20). The molecule has 0 fully saturated rings. The van der Waals surface area contributed by atoms with E-state index in [0.29, 0.717) is 16.9 Å². The zero-order chi connectivity index (χ0) is 14.5. The van der Waals surface area contributed by atoms with Crippen molar-refractivity contribution >= 4 is 23.2 Å². The van der Waals surface area contributed by atoms with Crippen LogP contribution in [-0.4, -0.2) is 16.8 Å². The van der Waals surface area contributed by atoms with E-state index >= 15 is 0 Å². The molecule has 0 saturated heterocycles. The fourth-order valence-corrected chi connectivity index (χ4v) is 1.73. The summed E-state index contributed by atoms with van der Waals surface area (Å²) < 4.78 is 0. The summed E-state index contributed by atoms with van der Waals surface area (Å²) in [5, 5.41) is 5.51. The van der Waals surface area contributed by atoms with E-state index < -0.39 is 0 Å². The zero-order valence-electron chi connectivity index (χ0n) is 11.3. The Labute approximate surface area is 117 Å². The average molecular weight is 269 g/mol. The molecule has 0 bridgehead atoms. The number of benzene rings is 1. The molecule has 0 aliphatic rings. The molecule has 102 valence electrons. The molecule has 2 amide bonds. The Balaban J connectivity index is 2.18. The molecule has 2 rings (SSSR count). The first-order valence-corrected chi connectivity index (χ1v) is 6.16. The van der Waals surface area contributed by atoms with Crippen molar-refractivity contribution in [3.05, 3.63) is 53.9 Å². The minimum atomic E-state index is -0.218. The summed E-state index contributed by atoms with van der Waals surface area (Å²) in [4.78, 5) is 27.0. The van der Waals surface area contributed by atoms with Crippen LogP contribution in [0.25, 0.3) is 0 Å². The quantitative estimate of drug-likeness (QED) is 0.899. The van der Waals surface area contributed by atoms with Gasteiger partial charge in [-0.2, -0.15) is 0 Å². The molecule has 0 atom stereocenters. The van der Waals surface area contributed by atoms with Crippen LogP contribution in [0.1, 0.15) is 22.8 Å². The van der Waals surface area contributed by atoms with Gasteiger partial charge in [0.25, 0.3) is 5.91 Å². The minimum Gasteiger partial charge on any atom is -0.326 e. The molecule has 0 aliphatic carbocycles. The molecule has 1 aromatic carbocycles. The first-order chi connectivity index (χ1) is 9.56. The molecule has 5 heteroatoms. The number of pyridine rings is 1. The van der Waals surface area contributed by atoms with Gasteiger partial charge in [-0.25, -0.2) is 0 Å². The Kier molecular flexibility index (Phi) is 4.10. The van der Waals surface area contributed by atoms with Gasteiger partial charge < -0.3 is 10.6 Å². The predicted octanol–water partition coefficient (Wildman–Crippen LogP) is 2.60. The van der Waals surface area contributed by atoms with Crippen LogP contribution in [0.4, 0.5) is 11.4 Å². The molecule has 2 aromatic rings. The highest BCUT2D eigenvalue weighted by atomic mass is 16.2. The van der Waals surface area contributed by atoms with E-state index in [-0.39, 0.29) is 11.8 Å². The summed E-state index contributed by atoms with van der Waals surface area (Å²) in [5.74, 6) is -0.365. The van der Waals surface area contributed by atoms with Gasteiger partial charge in [-0.3, -0.25) is 14.6 Å². The summed E-state index contributed by atoms with van der Waals surface area (Å²) >= 11 is 0. The molecule has 0 aliphatic heterocycles. The number of amides is 2. The van der Waals surface area contributed by atoms with Crippen molar-refractivity contribution in [2.24, 2.45) is 0 Å². The molecule has 2 N–H and O–H groups in total. The van der Waals surface area contributed by atoms with E-state index in [1.165, 1.54) is 6.92 Å². The van der Waals surface area contributed by atoms with Crippen LogP contribution in [0.5, 0.6) is 0 Å². The average Bonchev–Trinajstić information content (AvgIpc) is 2.43. The summed E-state index contributed by atoms with van der Waals surface area (Å²) in [7, 11) is 0. The molecule has 20 heavy (non-hydrogen) atoms. The van der Waals surface area contributed by atoms with Crippen LogP contribution in [0, 0.1) is 6.92 Å². The lowest BCUT2D eigenvalue weighted by Gasteiger charge is -2.10. The number of carbonyl (C=O) groups is 2. The number of carbonyl (C=O) groups excluding carboxylic acids is 2. The largest absolute Gasteiger partial charge is 0.326 e. The summed E-state index contributed by atoms with van der Waals surface area (Å²) in [6.07, 6.45) is 3.12. The number of hydrogen-bond acceptors (Lipinski definition) is 3. The van der Waals surface area contributed by atoms with Gasteiger partial charge in [0, 0.05) is 36.3 Å². The third kappa shape index (κ3) is 3.41. The van der Waals surface area contributed by atoms with Crippen molar-refractivity contribution < 1.29 is 9.59 Å². The molecule has 5 nitrogen and oxygen atoms in total. The lowest BCUT2D eigenvalue weighted by Crippen LogP contribution is -2.13. The number of anilines is 2. The molecule has 1 aromatic heterocycles. The molecule has 0 spiro atoms. The van der Waals surface area contributed by atoms with Gasteiger partial charge in [-0.15, -0.1) is 0 Å². The topological polar surface area (TPSA) is 71.1 Å². The fraction of sp³-hybridized carbons (Fsp3) is 0.133. The second-order valence-electron chi connectivity index (χ2n) is 4.40. The van der Waals surface area contributed by atoms with Crippen LogP contribution >= 0.6 is 0 Å². The second kappa shape index (κ2) is 5.97. The molecule has 1 heterocycles. The molecule has 0 radical (unpaired) electrons. The Bertz CT molecular complexity index is 639. The Morgan fingerprint density at radius 3 is 2.40 bits per heavy atom. The van der Waals surface area contributed by atoms with Crippen molar-refractivity contribution in [1.82, 2.24) is 4.98 Å². The van der Waals surface area contributed by atoms with Gasteiger partial charge in [0.2, 0.25) is 5.91 Å². The third-order valence-corrected chi connectivity index (χ3v) is 2.75. The van der Waals surface area contributed by atoms with Gasteiger partial charge >= 0.3 is 0 Å². The van der Waals surface area contributed by atoms with Gasteiger partial charge in [0.05, 0.1) is 0 Å². The zero-order valence-corrected chi connectivity index (χ0v) is 11.3. The van der Waals surface area contributed by atoms with Crippen molar-refractivity contribution in [3.8, 4) is 0 Å². The predicted molar refractivity (Wildman–Crippen MR) is 77.7 cm³/mol. The van der Waals surface area contributed by atoms with E-state index in [1.54, 1.807) is 36.7 Å². The number of nitrogens with one attached hydrogen (secondary N) is 2. The monoisotopic (exact) mass is 269 g/mol. The van der Waals surface area contributed by atoms with E-state index in [0.717, 1.165) is 5.56 Å². The van der Waals surface area contributed by atoms with Crippen LogP contribution in [0.15, 0.2) is 42.7 Å². The Morgan fingerprint density at radius 2 is 1.75 bits per heavy atom. The summed E-state index contributed by atoms with van der Waals surface area (Å²) in [5.41, 5.74) is 2.77. The van der Waals surface area contributed by atoms with Crippen LogP contribution < -0.4 is 10.6 Å². The number of aryl methyl sites for hydroxylation is 1. The lowest BCUT2D eigenvalue weighted by molar-refractivity contribution is -0.114. The number of aromatic nitrogens is 1. The maximum atomic E-state index is 12.0. The van der Waals surface area contributed by atoms with Crippen LogP contribution in [-0.2, 0) is 4.79 Å². The maximum absolute atomic E-state index is 12.0. The number of hydrogen-bond donors (Lipinski definition) is 2. The molecular formula is C15H15N3O2. The Hall–Kier alpha value is -2.69. The molecule has 0 unspecified atom stereocenters. The van der Waals surface area contributed by atoms with Crippen molar-refractivity contribution in [1.29, 1.82) is 0 Å². The molecular weight excluding hydrogens is 254 g/mol. The first kappa shape index (κ1) is 13.7. The van der Waals surface area contributed by atoms with Gasteiger partial charge in [-0.1, -0.05) is 6.07 Å².